The molecule has 3 nitrogen and oxygen atoms in total. The molecule has 3 rings (SSSR count). The summed E-state index contributed by atoms with van der Waals surface area (Å²) in [6.07, 6.45) is 3.84. The van der Waals surface area contributed by atoms with Gasteiger partial charge in [0, 0.05) is 12.0 Å². The van der Waals surface area contributed by atoms with Crippen LogP contribution in [0.25, 0.3) is 0 Å². The normalized spacial score (nSPS) is 23.4. The van der Waals surface area contributed by atoms with Crippen molar-refractivity contribution < 1.29 is 5.11 Å². The van der Waals surface area contributed by atoms with E-state index in [1.165, 1.54) is 16.9 Å². The van der Waals surface area contributed by atoms with Gasteiger partial charge >= 0.3 is 0 Å². The van der Waals surface area contributed by atoms with Gasteiger partial charge in [-0.15, -0.1) is 11.3 Å². The largest absolute Gasteiger partial charge is 0.385 e. The molecule has 1 aromatic carbocycles. The predicted octanol–water partition coefficient (Wildman–Crippen LogP) is 3.06. The molecule has 1 aromatic heterocycles. The van der Waals surface area contributed by atoms with Crippen molar-refractivity contribution in [3.63, 3.8) is 0 Å². The maximum atomic E-state index is 10.9. The maximum absolute atomic E-state index is 10.9. The highest BCUT2D eigenvalue weighted by Crippen LogP contribution is 2.46. The van der Waals surface area contributed by atoms with Crippen LogP contribution in [-0.2, 0) is 11.8 Å². The van der Waals surface area contributed by atoms with Gasteiger partial charge in [-0.1, -0.05) is 35.9 Å². The lowest BCUT2D eigenvalue weighted by Gasteiger charge is -2.41. The molecule has 0 bridgehead atoms. The minimum absolute atomic E-state index is 0.405. The number of hydrogen-bond acceptors (Lipinski definition) is 4. The summed E-state index contributed by atoms with van der Waals surface area (Å²) in [5.74, 6) is 0. The molecule has 1 aliphatic rings. The predicted molar refractivity (Wildman–Crippen MR) is 82.2 cm³/mol. The fraction of sp³-hybridized carbons (Fsp3) is 0.400. The standard InChI is InChI=1S/C15H17ClN2OS/c16-12-8-18-14(20-12)13(19)15(9-17)7-3-5-10-4-1-2-6-11(10)15/h1-2,4,6,8,13,19H,3,5,7,9,17H2. The highest BCUT2D eigenvalue weighted by atomic mass is 35.5. The number of fused-ring (bicyclic) bond motifs is 1. The number of aromatic nitrogens is 1. The average molecular weight is 309 g/mol. The summed E-state index contributed by atoms with van der Waals surface area (Å²) in [7, 11) is 0. The van der Waals surface area contributed by atoms with Crippen molar-refractivity contribution in [2.45, 2.75) is 30.8 Å². The van der Waals surface area contributed by atoms with E-state index in [0.29, 0.717) is 15.9 Å². The number of halogens is 1. The highest BCUT2D eigenvalue weighted by molar-refractivity contribution is 7.15. The molecule has 0 saturated carbocycles. The van der Waals surface area contributed by atoms with Gasteiger partial charge in [-0.2, -0.15) is 0 Å². The Labute approximate surface area is 127 Å². The topological polar surface area (TPSA) is 59.1 Å². The minimum atomic E-state index is -0.702. The van der Waals surface area contributed by atoms with Crippen LogP contribution >= 0.6 is 22.9 Å². The fourth-order valence-electron chi connectivity index (χ4n) is 3.19. The molecule has 0 radical (unpaired) electrons. The first-order valence-corrected chi connectivity index (χ1v) is 7.94. The van der Waals surface area contributed by atoms with Crippen molar-refractivity contribution in [3.05, 3.63) is 50.9 Å². The number of benzene rings is 1. The number of nitrogens with zero attached hydrogens (tertiary/aromatic N) is 1. The van der Waals surface area contributed by atoms with Crippen LogP contribution in [0.3, 0.4) is 0 Å². The Hall–Kier alpha value is -0.940. The van der Waals surface area contributed by atoms with Crippen LogP contribution in [0.1, 0.15) is 35.1 Å². The molecule has 2 unspecified atom stereocenters. The summed E-state index contributed by atoms with van der Waals surface area (Å²) in [5.41, 5.74) is 8.08. The number of thiazole rings is 1. The molecule has 106 valence electrons. The second-order valence-electron chi connectivity index (χ2n) is 5.28. The molecule has 0 spiro atoms. The third kappa shape index (κ3) is 2.17. The van der Waals surface area contributed by atoms with Crippen LogP contribution in [0.2, 0.25) is 4.34 Å². The molecule has 0 fully saturated rings. The Morgan fingerprint density at radius 2 is 2.25 bits per heavy atom. The number of aliphatic hydroxyl groups is 1. The first-order valence-electron chi connectivity index (χ1n) is 6.75. The van der Waals surface area contributed by atoms with Crippen molar-refractivity contribution in [3.8, 4) is 0 Å². The van der Waals surface area contributed by atoms with E-state index in [2.05, 4.69) is 17.1 Å². The molecule has 0 saturated heterocycles. The third-order valence-corrected chi connectivity index (χ3v) is 5.41. The number of hydrogen-bond donors (Lipinski definition) is 2. The monoisotopic (exact) mass is 308 g/mol. The summed E-state index contributed by atoms with van der Waals surface area (Å²) >= 11 is 7.27. The summed E-state index contributed by atoms with van der Waals surface area (Å²) in [6.45, 7) is 0.405. The van der Waals surface area contributed by atoms with Crippen LogP contribution in [0.15, 0.2) is 30.5 Å². The minimum Gasteiger partial charge on any atom is -0.385 e. The highest BCUT2D eigenvalue weighted by Gasteiger charge is 2.43. The van der Waals surface area contributed by atoms with Crippen molar-refractivity contribution in [1.82, 2.24) is 4.98 Å². The zero-order chi connectivity index (χ0) is 14.2. The van der Waals surface area contributed by atoms with E-state index in [0.717, 1.165) is 24.8 Å². The Kier molecular flexibility index (Phi) is 3.82. The average Bonchev–Trinajstić information content (AvgIpc) is 2.92. The van der Waals surface area contributed by atoms with Gasteiger partial charge in [0.2, 0.25) is 0 Å². The molecular formula is C15H17ClN2OS. The molecular weight excluding hydrogens is 292 g/mol. The number of nitrogens with two attached hydrogens (primary N) is 1. The lowest BCUT2D eigenvalue weighted by atomic mass is 9.66. The summed E-state index contributed by atoms with van der Waals surface area (Å²) in [4.78, 5) is 4.24. The Morgan fingerprint density at radius 3 is 2.95 bits per heavy atom. The van der Waals surface area contributed by atoms with Crippen LogP contribution in [0.4, 0.5) is 0 Å². The van der Waals surface area contributed by atoms with Crippen LogP contribution < -0.4 is 5.73 Å². The molecule has 1 aliphatic carbocycles. The van der Waals surface area contributed by atoms with Gasteiger partial charge < -0.3 is 10.8 Å². The van der Waals surface area contributed by atoms with Crippen molar-refractivity contribution in [2.75, 3.05) is 6.54 Å². The van der Waals surface area contributed by atoms with Crippen molar-refractivity contribution >= 4 is 22.9 Å². The van der Waals surface area contributed by atoms with E-state index in [-0.39, 0.29) is 0 Å². The van der Waals surface area contributed by atoms with E-state index in [1.807, 2.05) is 12.1 Å². The van der Waals surface area contributed by atoms with Gasteiger partial charge in [0.1, 0.15) is 15.4 Å². The van der Waals surface area contributed by atoms with E-state index in [4.69, 9.17) is 17.3 Å². The Balaban J connectivity index is 2.08. The van der Waals surface area contributed by atoms with Crippen molar-refractivity contribution in [1.29, 1.82) is 0 Å². The number of aryl methyl sites for hydroxylation is 1. The van der Waals surface area contributed by atoms with E-state index < -0.39 is 11.5 Å². The molecule has 1 heterocycles. The second kappa shape index (κ2) is 5.45. The third-order valence-electron chi connectivity index (χ3n) is 4.24. The molecule has 20 heavy (non-hydrogen) atoms. The second-order valence-corrected chi connectivity index (χ2v) is 6.97. The zero-order valence-electron chi connectivity index (χ0n) is 11.1. The lowest BCUT2D eigenvalue weighted by Crippen LogP contribution is -2.43. The molecule has 5 heteroatoms. The number of rotatable bonds is 3. The summed E-state index contributed by atoms with van der Waals surface area (Å²) < 4.78 is 0.593. The van der Waals surface area contributed by atoms with Crippen LogP contribution in [-0.4, -0.2) is 16.6 Å². The SMILES string of the molecule is NCC1(C(O)c2ncc(Cl)s2)CCCc2ccccc21. The first kappa shape index (κ1) is 14.0. The molecule has 3 N–H and O–H groups in total. The maximum Gasteiger partial charge on any atom is 0.124 e. The van der Waals surface area contributed by atoms with E-state index in [9.17, 15) is 5.11 Å². The zero-order valence-corrected chi connectivity index (χ0v) is 12.6. The summed E-state index contributed by atoms with van der Waals surface area (Å²) in [5, 5.41) is 11.5. The van der Waals surface area contributed by atoms with E-state index >= 15 is 0 Å². The summed E-state index contributed by atoms with van der Waals surface area (Å²) in [6, 6.07) is 8.26. The van der Waals surface area contributed by atoms with Gasteiger partial charge in [0.25, 0.3) is 0 Å². The Morgan fingerprint density at radius 1 is 1.45 bits per heavy atom. The van der Waals surface area contributed by atoms with Crippen LogP contribution in [0.5, 0.6) is 0 Å². The van der Waals surface area contributed by atoms with Crippen LogP contribution in [0, 0.1) is 0 Å². The van der Waals surface area contributed by atoms with Gasteiger partial charge in [0.15, 0.2) is 0 Å². The Bertz CT molecular complexity index is 615. The van der Waals surface area contributed by atoms with E-state index in [1.54, 1.807) is 6.20 Å². The van der Waals surface area contributed by atoms with Crippen molar-refractivity contribution in [2.24, 2.45) is 5.73 Å². The van der Waals surface area contributed by atoms with Gasteiger partial charge in [-0.05, 0) is 30.4 Å². The molecule has 2 atom stereocenters. The van der Waals surface area contributed by atoms with Gasteiger partial charge in [-0.3, -0.25) is 0 Å². The molecule has 0 aliphatic heterocycles. The smallest absolute Gasteiger partial charge is 0.124 e. The van der Waals surface area contributed by atoms with Gasteiger partial charge in [0.05, 0.1) is 6.20 Å². The lowest BCUT2D eigenvalue weighted by molar-refractivity contribution is 0.0716. The van der Waals surface area contributed by atoms with Gasteiger partial charge in [-0.25, -0.2) is 4.98 Å². The fourth-order valence-corrected chi connectivity index (χ4v) is 4.22. The first-order chi connectivity index (χ1) is 9.67. The molecule has 0 amide bonds. The quantitative estimate of drug-likeness (QED) is 0.916. The number of aliphatic hydroxyl groups excluding tert-OH is 1. The molecule has 2 aromatic rings.